The van der Waals surface area contributed by atoms with Crippen molar-refractivity contribution >= 4 is 11.6 Å². The highest BCUT2D eigenvalue weighted by atomic mass is 19.3. The highest BCUT2D eigenvalue weighted by molar-refractivity contribution is 6.04. The summed E-state index contributed by atoms with van der Waals surface area (Å²) in [5.74, 6) is -7.15. The SMILES string of the molecule is O=C(Nc1cnn(Cc2c(F)cc(F)c(F)c2F)c1)c1ccc(OC(F)F)cc1. The Kier molecular flexibility index (Phi) is 5.76. The van der Waals surface area contributed by atoms with E-state index in [9.17, 15) is 31.1 Å². The van der Waals surface area contributed by atoms with E-state index in [1.54, 1.807) is 0 Å². The van der Waals surface area contributed by atoms with Crippen molar-refractivity contribution in [2.45, 2.75) is 13.2 Å². The van der Waals surface area contributed by atoms with Crippen molar-refractivity contribution in [2.24, 2.45) is 0 Å². The van der Waals surface area contributed by atoms with E-state index in [1.165, 1.54) is 36.7 Å². The van der Waals surface area contributed by atoms with Crippen LogP contribution in [0.3, 0.4) is 0 Å². The van der Waals surface area contributed by atoms with Crippen LogP contribution in [0.4, 0.5) is 32.0 Å². The van der Waals surface area contributed by atoms with Gasteiger partial charge >= 0.3 is 6.61 Å². The topological polar surface area (TPSA) is 56.2 Å². The molecule has 0 radical (unpaired) electrons. The fourth-order valence-electron chi connectivity index (χ4n) is 2.42. The van der Waals surface area contributed by atoms with Gasteiger partial charge in [0.25, 0.3) is 5.91 Å². The quantitative estimate of drug-likeness (QED) is 0.370. The Balaban J connectivity index is 1.69. The van der Waals surface area contributed by atoms with Gasteiger partial charge in [-0.05, 0) is 24.3 Å². The number of nitrogens with zero attached hydrogens (tertiary/aromatic N) is 2. The van der Waals surface area contributed by atoms with E-state index in [-0.39, 0.29) is 23.1 Å². The molecule has 0 fully saturated rings. The van der Waals surface area contributed by atoms with Crippen LogP contribution in [0.1, 0.15) is 15.9 Å². The summed E-state index contributed by atoms with van der Waals surface area (Å²) in [5, 5.41) is 6.23. The Morgan fingerprint density at radius 1 is 1.07 bits per heavy atom. The second-order valence-electron chi connectivity index (χ2n) is 5.73. The van der Waals surface area contributed by atoms with Crippen molar-refractivity contribution in [1.82, 2.24) is 9.78 Å². The van der Waals surface area contributed by atoms with Gasteiger partial charge in [0.05, 0.1) is 18.4 Å². The molecule has 11 heteroatoms. The number of benzene rings is 2. The predicted octanol–water partition coefficient (Wildman–Crippen LogP) is 4.34. The maximum absolute atomic E-state index is 13.7. The minimum atomic E-state index is -3.00. The van der Waals surface area contributed by atoms with E-state index in [4.69, 9.17) is 0 Å². The number of rotatable bonds is 6. The number of ether oxygens (including phenoxy) is 1. The zero-order valence-corrected chi connectivity index (χ0v) is 14.3. The number of nitrogens with one attached hydrogen (secondary N) is 1. The number of halogens is 6. The van der Waals surface area contributed by atoms with Gasteiger partial charge < -0.3 is 10.1 Å². The Labute approximate surface area is 159 Å². The molecule has 0 aliphatic heterocycles. The average Bonchev–Trinajstić information content (AvgIpc) is 3.10. The van der Waals surface area contributed by atoms with Crippen LogP contribution < -0.4 is 10.1 Å². The number of anilines is 1. The molecule has 0 saturated heterocycles. The Bertz CT molecular complexity index is 1040. The second kappa shape index (κ2) is 8.25. The molecule has 0 aliphatic rings. The molecule has 152 valence electrons. The molecule has 0 bridgehead atoms. The van der Waals surface area contributed by atoms with E-state index >= 15 is 0 Å². The van der Waals surface area contributed by atoms with Crippen molar-refractivity contribution in [1.29, 1.82) is 0 Å². The smallest absolute Gasteiger partial charge is 0.387 e. The van der Waals surface area contributed by atoms with Crippen molar-refractivity contribution < 1.29 is 35.9 Å². The van der Waals surface area contributed by atoms with Gasteiger partial charge in [0.1, 0.15) is 11.6 Å². The van der Waals surface area contributed by atoms with Gasteiger partial charge in [-0.3, -0.25) is 9.48 Å². The summed E-state index contributed by atoms with van der Waals surface area (Å²) in [6, 6.07) is 5.09. The standard InChI is InChI=1S/C18H11F6N3O2/c19-13-5-14(20)16(22)15(21)12(13)8-27-7-10(6-25-27)26-17(28)9-1-3-11(4-2-9)29-18(23)24/h1-7,18H,8H2,(H,26,28). The van der Waals surface area contributed by atoms with E-state index in [2.05, 4.69) is 15.2 Å². The minimum absolute atomic E-state index is 0.122. The number of amides is 1. The monoisotopic (exact) mass is 415 g/mol. The third-order valence-corrected chi connectivity index (χ3v) is 3.76. The van der Waals surface area contributed by atoms with E-state index < -0.39 is 47.9 Å². The lowest BCUT2D eigenvalue weighted by molar-refractivity contribution is -0.0498. The molecule has 3 aromatic rings. The normalized spacial score (nSPS) is 11.0. The number of carbonyl (C=O) groups is 1. The average molecular weight is 415 g/mol. The third-order valence-electron chi connectivity index (χ3n) is 3.76. The maximum atomic E-state index is 13.7. The number of hydrogen-bond donors (Lipinski definition) is 1. The van der Waals surface area contributed by atoms with Crippen LogP contribution in [0.2, 0.25) is 0 Å². The van der Waals surface area contributed by atoms with Gasteiger partial charge in [0, 0.05) is 23.4 Å². The molecule has 29 heavy (non-hydrogen) atoms. The third kappa shape index (κ3) is 4.68. The molecule has 0 atom stereocenters. The number of alkyl halides is 2. The zero-order valence-electron chi connectivity index (χ0n) is 14.3. The summed E-state index contributed by atoms with van der Waals surface area (Å²) >= 11 is 0. The van der Waals surface area contributed by atoms with Crippen molar-refractivity contribution in [2.75, 3.05) is 5.32 Å². The summed E-state index contributed by atoms with van der Waals surface area (Å²) in [4.78, 5) is 12.2. The first-order valence-electron chi connectivity index (χ1n) is 7.95. The largest absolute Gasteiger partial charge is 0.435 e. The highest BCUT2D eigenvalue weighted by Crippen LogP contribution is 2.21. The fourth-order valence-corrected chi connectivity index (χ4v) is 2.42. The molecule has 2 aromatic carbocycles. The van der Waals surface area contributed by atoms with E-state index in [1.807, 2.05) is 0 Å². The van der Waals surface area contributed by atoms with Gasteiger partial charge in [-0.2, -0.15) is 13.9 Å². The highest BCUT2D eigenvalue weighted by Gasteiger charge is 2.19. The number of hydrogen-bond acceptors (Lipinski definition) is 3. The summed E-state index contributed by atoms with van der Waals surface area (Å²) in [5.41, 5.74) is -0.470. The fraction of sp³-hybridized carbons (Fsp3) is 0.111. The van der Waals surface area contributed by atoms with Crippen molar-refractivity contribution in [3.05, 3.63) is 77.1 Å². The van der Waals surface area contributed by atoms with Gasteiger partial charge in [0.15, 0.2) is 17.5 Å². The molecular formula is C18H11F6N3O2. The molecule has 5 nitrogen and oxygen atoms in total. The number of carbonyl (C=O) groups excluding carboxylic acids is 1. The molecular weight excluding hydrogens is 404 g/mol. The minimum Gasteiger partial charge on any atom is -0.435 e. The van der Waals surface area contributed by atoms with E-state index in [0.717, 1.165) is 4.68 Å². The molecule has 0 spiro atoms. The lowest BCUT2D eigenvalue weighted by Crippen LogP contribution is -2.12. The summed E-state index contributed by atoms with van der Waals surface area (Å²) < 4.78 is 83.1. The first-order chi connectivity index (χ1) is 13.7. The van der Waals surface area contributed by atoms with Gasteiger partial charge in [-0.15, -0.1) is 0 Å². The van der Waals surface area contributed by atoms with Crippen LogP contribution in [-0.4, -0.2) is 22.3 Å². The molecule has 0 aliphatic carbocycles. The second-order valence-corrected chi connectivity index (χ2v) is 5.73. The first-order valence-corrected chi connectivity index (χ1v) is 7.95. The summed E-state index contributed by atoms with van der Waals surface area (Å²) in [7, 11) is 0. The molecule has 3 rings (SSSR count). The Morgan fingerprint density at radius 3 is 2.41 bits per heavy atom. The zero-order chi connectivity index (χ0) is 21.1. The van der Waals surface area contributed by atoms with Crippen LogP contribution in [0.5, 0.6) is 5.75 Å². The Hall–Kier alpha value is -3.50. The summed E-state index contributed by atoms with van der Waals surface area (Å²) in [6.45, 7) is -3.55. The molecule has 1 N–H and O–H groups in total. The van der Waals surface area contributed by atoms with Gasteiger partial charge in [-0.1, -0.05) is 0 Å². The Morgan fingerprint density at radius 2 is 1.76 bits per heavy atom. The van der Waals surface area contributed by atoms with Crippen LogP contribution in [-0.2, 0) is 6.54 Å². The molecule has 1 amide bonds. The van der Waals surface area contributed by atoms with Crippen molar-refractivity contribution in [3.8, 4) is 5.75 Å². The molecule has 1 aromatic heterocycles. The lowest BCUT2D eigenvalue weighted by atomic mass is 10.2. The molecule has 1 heterocycles. The van der Waals surface area contributed by atoms with Crippen LogP contribution >= 0.6 is 0 Å². The van der Waals surface area contributed by atoms with Gasteiger partial charge in [-0.25, -0.2) is 17.6 Å². The van der Waals surface area contributed by atoms with E-state index in [0.29, 0.717) is 0 Å². The molecule has 0 unspecified atom stereocenters. The van der Waals surface area contributed by atoms with Crippen LogP contribution in [0.25, 0.3) is 0 Å². The lowest BCUT2D eigenvalue weighted by Gasteiger charge is -2.07. The maximum Gasteiger partial charge on any atom is 0.387 e. The van der Waals surface area contributed by atoms with Gasteiger partial charge in [0.2, 0.25) is 0 Å². The predicted molar refractivity (Wildman–Crippen MR) is 88.6 cm³/mol. The van der Waals surface area contributed by atoms with Crippen LogP contribution in [0, 0.1) is 23.3 Å². The van der Waals surface area contributed by atoms with Crippen molar-refractivity contribution in [3.63, 3.8) is 0 Å². The molecule has 0 saturated carbocycles. The first kappa shape index (κ1) is 20.2. The number of aromatic nitrogens is 2. The van der Waals surface area contributed by atoms with Crippen LogP contribution in [0.15, 0.2) is 42.7 Å². The summed E-state index contributed by atoms with van der Waals surface area (Å²) in [6.07, 6.45) is 2.38.